The van der Waals surface area contributed by atoms with Crippen molar-refractivity contribution in [3.63, 3.8) is 0 Å². The van der Waals surface area contributed by atoms with E-state index < -0.39 is 0 Å². The van der Waals surface area contributed by atoms with Crippen LogP contribution in [-0.2, 0) is 0 Å². The highest BCUT2D eigenvalue weighted by Crippen LogP contribution is 2.41. The molecule has 1 saturated heterocycles. The SMILES string of the molecule is COc1ccc(C2SCCN2C(=O)c2ccc(C)c(F)c2)cc1Br. The average Bonchev–Trinajstić information content (AvgIpc) is 3.06. The highest BCUT2D eigenvalue weighted by Gasteiger charge is 2.31. The number of carbonyl (C=O) groups excluding carboxylic acids is 1. The van der Waals surface area contributed by atoms with E-state index in [1.807, 2.05) is 18.2 Å². The summed E-state index contributed by atoms with van der Waals surface area (Å²) in [5.41, 5.74) is 1.95. The Morgan fingerprint density at radius 1 is 1.33 bits per heavy atom. The van der Waals surface area contributed by atoms with Gasteiger partial charge in [-0.05, 0) is 58.2 Å². The fraction of sp³-hybridized carbons (Fsp3) is 0.278. The molecule has 2 aromatic rings. The lowest BCUT2D eigenvalue weighted by Gasteiger charge is -2.24. The molecule has 0 aliphatic carbocycles. The molecule has 126 valence electrons. The van der Waals surface area contributed by atoms with Crippen LogP contribution in [0.3, 0.4) is 0 Å². The first-order valence-electron chi connectivity index (χ1n) is 7.53. The van der Waals surface area contributed by atoms with Crippen LogP contribution in [-0.4, -0.2) is 30.2 Å². The van der Waals surface area contributed by atoms with E-state index >= 15 is 0 Å². The first-order valence-corrected chi connectivity index (χ1v) is 9.37. The lowest BCUT2D eigenvalue weighted by molar-refractivity contribution is 0.0760. The Kier molecular flexibility index (Phi) is 5.15. The van der Waals surface area contributed by atoms with Crippen LogP contribution in [0.5, 0.6) is 5.75 Å². The number of hydrogen-bond donors (Lipinski definition) is 0. The van der Waals surface area contributed by atoms with Crippen molar-refractivity contribution in [1.29, 1.82) is 0 Å². The second-order valence-electron chi connectivity index (χ2n) is 5.58. The Labute approximate surface area is 153 Å². The molecule has 0 saturated carbocycles. The van der Waals surface area contributed by atoms with Gasteiger partial charge in [0.05, 0.1) is 11.6 Å². The normalized spacial score (nSPS) is 17.2. The molecule has 0 spiro atoms. The third kappa shape index (κ3) is 3.30. The molecule has 6 heteroatoms. The van der Waals surface area contributed by atoms with Gasteiger partial charge in [-0.1, -0.05) is 12.1 Å². The zero-order valence-corrected chi connectivity index (χ0v) is 15.8. The summed E-state index contributed by atoms with van der Waals surface area (Å²) in [4.78, 5) is 14.6. The van der Waals surface area contributed by atoms with Gasteiger partial charge >= 0.3 is 0 Å². The van der Waals surface area contributed by atoms with Gasteiger partial charge in [0.2, 0.25) is 0 Å². The Balaban J connectivity index is 1.88. The number of carbonyl (C=O) groups is 1. The molecule has 1 aliphatic heterocycles. The molecule has 3 rings (SSSR count). The van der Waals surface area contributed by atoms with Gasteiger partial charge in [-0.2, -0.15) is 0 Å². The van der Waals surface area contributed by atoms with E-state index in [-0.39, 0.29) is 17.1 Å². The number of rotatable bonds is 3. The van der Waals surface area contributed by atoms with E-state index in [1.165, 1.54) is 6.07 Å². The fourth-order valence-electron chi connectivity index (χ4n) is 2.68. The number of hydrogen-bond acceptors (Lipinski definition) is 3. The first-order chi connectivity index (χ1) is 11.5. The molecule has 1 atom stereocenters. The third-order valence-electron chi connectivity index (χ3n) is 4.03. The molecule has 0 aromatic heterocycles. The van der Waals surface area contributed by atoms with Crippen molar-refractivity contribution in [3.8, 4) is 5.75 Å². The number of methoxy groups -OCH3 is 1. The molecule has 0 N–H and O–H groups in total. The summed E-state index contributed by atoms with van der Waals surface area (Å²) in [6, 6.07) is 10.5. The van der Waals surface area contributed by atoms with Gasteiger partial charge in [-0.3, -0.25) is 4.79 Å². The third-order valence-corrected chi connectivity index (χ3v) is 5.91. The van der Waals surface area contributed by atoms with Crippen molar-refractivity contribution in [3.05, 3.63) is 63.4 Å². The van der Waals surface area contributed by atoms with Gasteiger partial charge in [0.25, 0.3) is 5.91 Å². The Hall–Kier alpha value is -1.53. The number of benzene rings is 2. The number of thioether (sulfide) groups is 1. The topological polar surface area (TPSA) is 29.5 Å². The van der Waals surface area contributed by atoms with Crippen molar-refractivity contribution in [2.75, 3.05) is 19.4 Å². The second kappa shape index (κ2) is 7.15. The summed E-state index contributed by atoms with van der Waals surface area (Å²) in [7, 11) is 1.62. The molecule has 1 amide bonds. The molecule has 24 heavy (non-hydrogen) atoms. The minimum absolute atomic E-state index is 0.0796. The zero-order chi connectivity index (χ0) is 17.3. The number of ether oxygens (including phenoxy) is 1. The molecule has 1 aliphatic rings. The lowest BCUT2D eigenvalue weighted by atomic mass is 10.1. The molecule has 2 aromatic carbocycles. The predicted molar refractivity (Wildman–Crippen MR) is 98.1 cm³/mol. The van der Waals surface area contributed by atoms with Gasteiger partial charge in [0, 0.05) is 17.9 Å². The quantitative estimate of drug-likeness (QED) is 0.729. The number of aryl methyl sites for hydroxylation is 1. The number of amides is 1. The summed E-state index contributed by atoms with van der Waals surface area (Å²) in [5, 5.41) is -0.0796. The van der Waals surface area contributed by atoms with Crippen molar-refractivity contribution >= 4 is 33.6 Å². The minimum Gasteiger partial charge on any atom is -0.496 e. The van der Waals surface area contributed by atoms with Gasteiger partial charge in [-0.15, -0.1) is 11.8 Å². The van der Waals surface area contributed by atoms with E-state index in [4.69, 9.17) is 4.74 Å². The van der Waals surface area contributed by atoms with Crippen LogP contribution in [0.15, 0.2) is 40.9 Å². The minimum atomic E-state index is -0.351. The van der Waals surface area contributed by atoms with E-state index in [2.05, 4.69) is 15.9 Å². The van der Waals surface area contributed by atoms with Crippen LogP contribution in [0, 0.1) is 12.7 Å². The molecular weight excluding hydrogens is 393 g/mol. The van der Waals surface area contributed by atoms with Crippen LogP contribution in [0.2, 0.25) is 0 Å². The highest BCUT2D eigenvalue weighted by molar-refractivity contribution is 9.10. The van der Waals surface area contributed by atoms with Gasteiger partial charge < -0.3 is 9.64 Å². The van der Waals surface area contributed by atoms with Gasteiger partial charge in [0.1, 0.15) is 16.9 Å². The summed E-state index contributed by atoms with van der Waals surface area (Å²) >= 11 is 5.19. The standard InChI is InChI=1S/C18H17BrFNO2S/c1-11-3-4-12(10-15(11)20)17(22)21-7-8-24-18(21)13-5-6-16(23-2)14(19)9-13/h3-6,9-10,18H,7-8H2,1-2H3. The summed E-state index contributed by atoms with van der Waals surface area (Å²) in [5.74, 6) is 1.11. The maximum atomic E-state index is 13.8. The molecule has 3 nitrogen and oxygen atoms in total. The second-order valence-corrected chi connectivity index (χ2v) is 7.62. The fourth-order valence-corrected chi connectivity index (χ4v) is 4.49. The Bertz CT molecular complexity index is 784. The smallest absolute Gasteiger partial charge is 0.255 e. The van der Waals surface area contributed by atoms with Gasteiger partial charge in [0.15, 0.2) is 0 Å². The summed E-state index contributed by atoms with van der Waals surface area (Å²) < 4.78 is 19.9. The van der Waals surface area contributed by atoms with Crippen molar-refractivity contribution in [2.45, 2.75) is 12.3 Å². The van der Waals surface area contributed by atoms with E-state index in [0.717, 1.165) is 21.5 Å². The van der Waals surface area contributed by atoms with Gasteiger partial charge in [-0.25, -0.2) is 4.39 Å². The van der Waals surface area contributed by atoms with Crippen molar-refractivity contribution in [1.82, 2.24) is 4.90 Å². The van der Waals surface area contributed by atoms with E-state index in [1.54, 1.807) is 42.8 Å². The maximum absolute atomic E-state index is 13.8. The molecule has 0 radical (unpaired) electrons. The average molecular weight is 410 g/mol. The number of halogens is 2. The van der Waals surface area contributed by atoms with E-state index in [0.29, 0.717) is 17.7 Å². The zero-order valence-electron chi connectivity index (χ0n) is 13.4. The number of nitrogens with zero attached hydrogens (tertiary/aromatic N) is 1. The lowest BCUT2D eigenvalue weighted by Crippen LogP contribution is -2.30. The monoisotopic (exact) mass is 409 g/mol. The van der Waals surface area contributed by atoms with Crippen LogP contribution in [0.4, 0.5) is 4.39 Å². The molecule has 1 fully saturated rings. The Morgan fingerprint density at radius 2 is 2.12 bits per heavy atom. The molecular formula is C18H17BrFNO2S. The summed E-state index contributed by atoms with van der Waals surface area (Å²) in [6.07, 6.45) is 0. The van der Waals surface area contributed by atoms with Crippen LogP contribution >= 0.6 is 27.7 Å². The van der Waals surface area contributed by atoms with Crippen LogP contribution < -0.4 is 4.74 Å². The maximum Gasteiger partial charge on any atom is 0.255 e. The molecule has 1 heterocycles. The van der Waals surface area contributed by atoms with Crippen molar-refractivity contribution in [2.24, 2.45) is 0 Å². The van der Waals surface area contributed by atoms with E-state index in [9.17, 15) is 9.18 Å². The first kappa shape index (κ1) is 17.3. The molecule has 0 bridgehead atoms. The predicted octanol–water partition coefficient (Wildman–Crippen LogP) is 4.79. The largest absolute Gasteiger partial charge is 0.496 e. The highest BCUT2D eigenvalue weighted by atomic mass is 79.9. The Morgan fingerprint density at radius 3 is 2.79 bits per heavy atom. The van der Waals surface area contributed by atoms with Crippen LogP contribution in [0.1, 0.15) is 26.9 Å². The van der Waals surface area contributed by atoms with Crippen LogP contribution in [0.25, 0.3) is 0 Å². The molecule has 1 unspecified atom stereocenters. The van der Waals surface area contributed by atoms with Crippen molar-refractivity contribution < 1.29 is 13.9 Å². The summed E-state index contributed by atoms with van der Waals surface area (Å²) in [6.45, 7) is 2.33.